The molecule has 1 heterocycles. The summed E-state index contributed by atoms with van der Waals surface area (Å²) in [5, 5.41) is 8.87. The van der Waals surface area contributed by atoms with E-state index in [9.17, 15) is 9.59 Å². The number of carboxylic acids is 1. The monoisotopic (exact) mass is 337 g/mol. The second kappa shape index (κ2) is 6.38. The van der Waals surface area contributed by atoms with E-state index in [0.29, 0.717) is 5.75 Å². The molecule has 104 valence electrons. The van der Waals surface area contributed by atoms with Crippen LogP contribution in [0.2, 0.25) is 0 Å². The molecular formula is C14H12BrNO4. The number of pyridine rings is 1. The third-order valence-corrected chi connectivity index (χ3v) is 3.19. The second-order valence-corrected chi connectivity index (χ2v) is 4.94. The van der Waals surface area contributed by atoms with Crippen LogP contribution in [0.25, 0.3) is 0 Å². The Balaban J connectivity index is 2.01. The van der Waals surface area contributed by atoms with Crippen molar-refractivity contribution in [1.82, 2.24) is 4.57 Å². The van der Waals surface area contributed by atoms with Gasteiger partial charge in [0.2, 0.25) is 0 Å². The quantitative estimate of drug-likeness (QED) is 0.909. The van der Waals surface area contributed by atoms with Gasteiger partial charge in [-0.05, 0) is 36.4 Å². The molecule has 0 saturated heterocycles. The van der Waals surface area contributed by atoms with Crippen molar-refractivity contribution in [3.63, 3.8) is 0 Å². The Labute approximate surface area is 123 Å². The number of aromatic carboxylic acids is 1. The van der Waals surface area contributed by atoms with E-state index < -0.39 is 11.5 Å². The van der Waals surface area contributed by atoms with E-state index in [4.69, 9.17) is 9.84 Å². The van der Waals surface area contributed by atoms with Gasteiger partial charge in [-0.2, -0.15) is 0 Å². The summed E-state index contributed by atoms with van der Waals surface area (Å²) in [6.45, 7) is 0.570. The summed E-state index contributed by atoms with van der Waals surface area (Å²) >= 11 is 3.32. The first-order valence-electron chi connectivity index (χ1n) is 5.89. The molecule has 1 aromatic carbocycles. The van der Waals surface area contributed by atoms with Gasteiger partial charge in [-0.15, -0.1) is 0 Å². The first-order chi connectivity index (χ1) is 9.58. The molecule has 20 heavy (non-hydrogen) atoms. The zero-order valence-electron chi connectivity index (χ0n) is 10.5. The van der Waals surface area contributed by atoms with Crippen LogP contribution in [0.3, 0.4) is 0 Å². The van der Waals surface area contributed by atoms with Gasteiger partial charge < -0.3 is 14.4 Å². The predicted octanol–water partition coefficient (Wildman–Crippen LogP) is 2.39. The predicted molar refractivity (Wildman–Crippen MR) is 77.3 cm³/mol. The molecule has 0 bridgehead atoms. The summed E-state index contributed by atoms with van der Waals surface area (Å²) in [5.41, 5.74) is -0.768. The molecule has 1 N–H and O–H groups in total. The number of hydrogen-bond donors (Lipinski definition) is 1. The minimum Gasteiger partial charge on any atom is -0.492 e. The maximum absolute atomic E-state index is 11.8. The number of hydrogen-bond acceptors (Lipinski definition) is 3. The third kappa shape index (κ3) is 3.48. The molecule has 0 radical (unpaired) electrons. The molecule has 0 spiro atoms. The van der Waals surface area contributed by atoms with Crippen LogP contribution in [-0.2, 0) is 6.54 Å². The molecular weight excluding hydrogens is 326 g/mol. The number of benzene rings is 1. The lowest BCUT2D eigenvalue weighted by Gasteiger charge is -2.08. The smallest absolute Gasteiger partial charge is 0.341 e. The summed E-state index contributed by atoms with van der Waals surface area (Å²) in [6.07, 6.45) is 1.54. The molecule has 0 aliphatic heterocycles. The zero-order valence-corrected chi connectivity index (χ0v) is 12.0. The van der Waals surface area contributed by atoms with Crippen molar-refractivity contribution in [1.29, 1.82) is 0 Å². The van der Waals surface area contributed by atoms with Crippen LogP contribution >= 0.6 is 15.9 Å². The Morgan fingerprint density at radius 2 is 1.95 bits per heavy atom. The third-order valence-electron chi connectivity index (χ3n) is 2.67. The Bertz CT molecular complexity index is 664. The van der Waals surface area contributed by atoms with Crippen molar-refractivity contribution in [2.75, 3.05) is 6.61 Å². The summed E-state index contributed by atoms with van der Waals surface area (Å²) in [4.78, 5) is 22.7. The van der Waals surface area contributed by atoms with Gasteiger partial charge in [-0.3, -0.25) is 4.79 Å². The maximum Gasteiger partial charge on any atom is 0.341 e. The van der Waals surface area contributed by atoms with Gasteiger partial charge in [0.15, 0.2) is 0 Å². The first kappa shape index (κ1) is 14.3. The van der Waals surface area contributed by atoms with E-state index in [2.05, 4.69) is 15.9 Å². The van der Waals surface area contributed by atoms with Crippen LogP contribution in [0.15, 0.2) is 51.9 Å². The fraction of sp³-hybridized carbons (Fsp3) is 0.143. The largest absolute Gasteiger partial charge is 0.492 e. The van der Waals surface area contributed by atoms with Gasteiger partial charge in [0, 0.05) is 10.7 Å². The normalized spacial score (nSPS) is 10.2. The van der Waals surface area contributed by atoms with E-state index in [0.717, 1.165) is 4.47 Å². The second-order valence-electron chi connectivity index (χ2n) is 4.03. The highest BCUT2D eigenvalue weighted by Gasteiger charge is 2.09. The van der Waals surface area contributed by atoms with E-state index in [-0.39, 0.29) is 18.7 Å². The molecule has 0 unspecified atom stereocenters. The fourth-order valence-electron chi connectivity index (χ4n) is 1.67. The van der Waals surface area contributed by atoms with Gasteiger partial charge >= 0.3 is 5.97 Å². The van der Waals surface area contributed by atoms with Crippen molar-refractivity contribution in [3.8, 4) is 5.75 Å². The highest BCUT2D eigenvalue weighted by atomic mass is 79.9. The van der Waals surface area contributed by atoms with Gasteiger partial charge in [0.25, 0.3) is 5.56 Å². The van der Waals surface area contributed by atoms with E-state index >= 15 is 0 Å². The van der Waals surface area contributed by atoms with Crippen molar-refractivity contribution in [2.45, 2.75) is 6.54 Å². The molecule has 5 nitrogen and oxygen atoms in total. The van der Waals surface area contributed by atoms with Crippen LogP contribution in [0.1, 0.15) is 10.4 Å². The maximum atomic E-state index is 11.8. The molecule has 0 aliphatic rings. The van der Waals surface area contributed by atoms with Crippen molar-refractivity contribution in [2.24, 2.45) is 0 Å². The number of rotatable bonds is 5. The van der Waals surface area contributed by atoms with Gasteiger partial charge in [-0.25, -0.2) is 4.79 Å². The van der Waals surface area contributed by atoms with Gasteiger partial charge in [0.1, 0.15) is 17.9 Å². The van der Waals surface area contributed by atoms with Crippen LogP contribution in [-0.4, -0.2) is 22.2 Å². The Morgan fingerprint density at radius 1 is 1.25 bits per heavy atom. The van der Waals surface area contributed by atoms with Crippen molar-refractivity contribution >= 4 is 21.9 Å². The van der Waals surface area contributed by atoms with Crippen molar-refractivity contribution in [3.05, 3.63) is 63.0 Å². The summed E-state index contributed by atoms with van der Waals surface area (Å²) in [5.74, 6) is -0.534. The number of ether oxygens (including phenoxy) is 1. The van der Waals surface area contributed by atoms with E-state index in [1.807, 2.05) is 12.1 Å². The fourth-order valence-corrected chi connectivity index (χ4v) is 1.93. The number of halogens is 1. The number of aromatic nitrogens is 1. The summed E-state index contributed by atoms with van der Waals surface area (Å²) < 4.78 is 7.77. The molecule has 1 aromatic heterocycles. The van der Waals surface area contributed by atoms with E-state index in [1.54, 1.807) is 18.3 Å². The molecule has 0 saturated carbocycles. The Kier molecular flexibility index (Phi) is 4.57. The van der Waals surface area contributed by atoms with Gasteiger partial charge in [-0.1, -0.05) is 15.9 Å². The lowest BCUT2D eigenvalue weighted by Crippen LogP contribution is -2.27. The van der Waals surface area contributed by atoms with Crippen LogP contribution in [0.4, 0.5) is 0 Å². The number of carbonyl (C=O) groups is 1. The molecule has 0 fully saturated rings. The molecule has 0 amide bonds. The van der Waals surface area contributed by atoms with E-state index in [1.165, 1.54) is 16.7 Å². The highest BCUT2D eigenvalue weighted by molar-refractivity contribution is 9.10. The van der Waals surface area contributed by atoms with Crippen LogP contribution in [0, 0.1) is 0 Å². The lowest BCUT2D eigenvalue weighted by molar-refractivity contribution is 0.0694. The molecule has 6 heteroatoms. The molecule has 2 aromatic rings. The minimum absolute atomic E-state index is 0.240. The zero-order chi connectivity index (χ0) is 14.5. The van der Waals surface area contributed by atoms with Crippen LogP contribution in [0.5, 0.6) is 5.75 Å². The standard InChI is InChI=1S/C14H12BrNO4/c15-10-3-5-11(6-4-10)20-9-8-16-7-1-2-12(13(16)17)14(18)19/h1-7H,8-9H2,(H,18,19). The first-order valence-corrected chi connectivity index (χ1v) is 6.68. The van der Waals surface area contributed by atoms with Crippen LogP contribution < -0.4 is 10.3 Å². The van der Waals surface area contributed by atoms with Crippen molar-refractivity contribution < 1.29 is 14.6 Å². The Hall–Kier alpha value is -2.08. The number of carboxylic acid groups (broad SMARTS) is 1. The molecule has 2 rings (SSSR count). The average molecular weight is 338 g/mol. The summed E-state index contributed by atoms with van der Waals surface area (Å²) in [6, 6.07) is 10.1. The highest BCUT2D eigenvalue weighted by Crippen LogP contribution is 2.15. The minimum atomic E-state index is -1.22. The Morgan fingerprint density at radius 3 is 2.60 bits per heavy atom. The number of nitrogens with zero attached hydrogens (tertiary/aromatic N) is 1. The lowest BCUT2D eigenvalue weighted by atomic mass is 10.3. The molecule has 0 atom stereocenters. The topological polar surface area (TPSA) is 68.5 Å². The molecule has 0 aliphatic carbocycles. The summed E-state index contributed by atoms with van der Waals surface area (Å²) in [7, 11) is 0. The van der Waals surface area contributed by atoms with Gasteiger partial charge in [0.05, 0.1) is 6.54 Å². The average Bonchev–Trinajstić information content (AvgIpc) is 2.42. The SMILES string of the molecule is O=C(O)c1cccn(CCOc2ccc(Br)cc2)c1=O.